The minimum atomic E-state index is -1.11. The van der Waals surface area contributed by atoms with E-state index in [4.69, 9.17) is 19.3 Å². The van der Waals surface area contributed by atoms with Crippen molar-refractivity contribution >= 4 is 18.0 Å². The highest BCUT2D eigenvalue weighted by Gasteiger charge is 2.15. The Bertz CT molecular complexity index is 811. The number of carboxylic acids is 1. The Labute approximate surface area is 158 Å². The van der Waals surface area contributed by atoms with Gasteiger partial charge in [0.25, 0.3) is 0 Å². The summed E-state index contributed by atoms with van der Waals surface area (Å²) in [5, 5.41) is 9.01. The van der Waals surface area contributed by atoms with Crippen LogP contribution in [0.25, 0.3) is 6.08 Å². The number of hydrogen-bond acceptors (Lipinski definition) is 5. The van der Waals surface area contributed by atoms with Gasteiger partial charge in [-0.15, -0.1) is 0 Å². The summed E-state index contributed by atoms with van der Waals surface area (Å²) in [5.74, 6) is -0.722. The molecule has 27 heavy (non-hydrogen) atoms. The van der Waals surface area contributed by atoms with Gasteiger partial charge in [0.15, 0.2) is 11.5 Å². The van der Waals surface area contributed by atoms with Crippen molar-refractivity contribution in [2.75, 3.05) is 13.7 Å². The molecule has 0 radical (unpaired) electrons. The maximum atomic E-state index is 12.0. The standard InChI is InChI=1S/C21H22O6/c1-3-26-21(24)17(13-20(22)23)11-16-9-10-18(19(12-16)25-2)27-14-15-7-5-4-6-8-15/h4-12H,3,13-14H2,1-2H3,(H,22,23)/b17-11-. The Hall–Kier alpha value is -3.28. The number of aliphatic carboxylic acids is 1. The SMILES string of the molecule is CCOC(=O)/C(=C\c1ccc(OCc2ccccc2)c(OC)c1)CC(=O)O. The molecule has 0 saturated carbocycles. The molecule has 2 rings (SSSR count). The molecule has 0 saturated heterocycles. The van der Waals surface area contributed by atoms with Crippen LogP contribution < -0.4 is 9.47 Å². The zero-order valence-electron chi connectivity index (χ0n) is 15.3. The average molecular weight is 370 g/mol. The summed E-state index contributed by atoms with van der Waals surface area (Å²) in [6, 6.07) is 14.8. The molecule has 0 spiro atoms. The summed E-state index contributed by atoms with van der Waals surface area (Å²) in [6.45, 7) is 2.23. The van der Waals surface area contributed by atoms with Crippen molar-refractivity contribution in [1.29, 1.82) is 0 Å². The van der Waals surface area contributed by atoms with Crippen LogP contribution >= 0.6 is 0 Å². The molecule has 0 amide bonds. The van der Waals surface area contributed by atoms with Crippen molar-refractivity contribution in [3.8, 4) is 11.5 Å². The Morgan fingerprint density at radius 3 is 2.44 bits per heavy atom. The fourth-order valence-corrected chi connectivity index (χ4v) is 2.40. The summed E-state index contributed by atoms with van der Waals surface area (Å²) in [5.41, 5.74) is 1.70. The first-order chi connectivity index (χ1) is 13.0. The minimum Gasteiger partial charge on any atom is -0.493 e. The van der Waals surface area contributed by atoms with Crippen LogP contribution in [-0.2, 0) is 20.9 Å². The number of carboxylic acid groups (broad SMARTS) is 1. The number of ether oxygens (including phenoxy) is 3. The average Bonchev–Trinajstić information content (AvgIpc) is 2.67. The predicted molar refractivity (Wildman–Crippen MR) is 101 cm³/mol. The zero-order valence-corrected chi connectivity index (χ0v) is 15.3. The van der Waals surface area contributed by atoms with E-state index < -0.39 is 18.4 Å². The Balaban J connectivity index is 2.21. The van der Waals surface area contributed by atoms with Gasteiger partial charge in [0.2, 0.25) is 0 Å². The molecule has 0 atom stereocenters. The third kappa shape index (κ3) is 6.18. The molecule has 2 aromatic carbocycles. The molecular weight excluding hydrogens is 348 g/mol. The van der Waals surface area contributed by atoms with E-state index in [1.807, 2.05) is 30.3 Å². The van der Waals surface area contributed by atoms with Gasteiger partial charge < -0.3 is 19.3 Å². The van der Waals surface area contributed by atoms with E-state index in [0.29, 0.717) is 23.7 Å². The van der Waals surface area contributed by atoms with E-state index in [-0.39, 0.29) is 12.2 Å². The summed E-state index contributed by atoms with van der Waals surface area (Å²) in [7, 11) is 1.52. The van der Waals surface area contributed by atoms with Crippen molar-refractivity contribution in [1.82, 2.24) is 0 Å². The van der Waals surface area contributed by atoms with Crippen molar-refractivity contribution in [2.45, 2.75) is 20.0 Å². The summed E-state index contributed by atoms with van der Waals surface area (Å²) in [6.07, 6.45) is 1.06. The van der Waals surface area contributed by atoms with E-state index >= 15 is 0 Å². The molecule has 6 nitrogen and oxygen atoms in total. The molecular formula is C21H22O6. The van der Waals surface area contributed by atoms with E-state index in [1.54, 1.807) is 25.1 Å². The molecule has 142 valence electrons. The van der Waals surface area contributed by atoms with E-state index in [2.05, 4.69) is 0 Å². The molecule has 1 N–H and O–H groups in total. The summed E-state index contributed by atoms with van der Waals surface area (Å²) < 4.78 is 16.1. The van der Waals surface area contributed by atoms with Crippen LogP contribution in [0.4, 0.5) is 0 Å². The monoisotopic (exact) mass is 370 g/mol. The predicted octanol–water partition coefficient (Wildman–Crippen LogP) is 3.70. The van der Waals surface area contributed by atoms with Crippen LogP contribution in [0.3, 0.4) is 0 Å². The highest BCUT2D eigenvalue weighted by molar-refractivity contribution is 5.98. The first-order valence-electron chi connectivity index (χ1n) is 8.47. The number of carbonyl (C=O) groups is 2. The molecule has 0 aliphatic rings. The van der Waals surface area contributed by atoms with Crippen molar-refractivity contribution < 1.29 is 28.9 Å². The maximum Gasteiger partial charge on any atom is 0.334 e. The zero-order chi connectivity index (χ0) is 19.6. The third-order valence-corrected chi connectivity index (χ3v) is 3.65. The number of carbonyl (C=O) groups excluding carboxylic acids is 1. The van der Waals surface area contributed by atoms with E-state index in [9.17, 15) is 9.59 Å². The molecule has 0 aliphatic heterocycles. The second-order valence-corrected chi connectivity index (χ2v) is 5.65. The van der Waals surface area contributed by atoms with Gasteiger partial charge in [0, 0.05) is 5.57 Å². The van der Waals surface area contributed by atoms with Gasteiger partial charge in [-0.1, -0.05) is 36.4 Å². The van der Waals surface area contributed by atoms with Crippen LogP contribution in [0, 0.1) is 0 Å². The summed E-state index contributed by atoms with van der Waals surface area (Å²) >= 11 is 0. The van der Waals surface area contributed by atoms with Crippen LogP contribution in [0.1, 0.15) is 24.5 Å². The maximum absolute atomic E-state index is 12.0. The van der Waals surface area contributed by atoms with Crippen molar-refractivity contribution in [3.05, 3.63) is 65.2 Å². The highest BCUT2D eigenvalue weighted by Crippen LogP contribution is 2.30. The third-order valence-electron chi connectivity index (χ3n) is 3.65. The number of methoxy groups -OCH3 is 1. The summed E-state index contributed by atoms with van der Waals surface area (Å²) in [4.78, 5) is 23.0. The lowest BCUT2D eigenvalue weighted by Crippen LogP contribution is -2.11. The lowest BCUT2D eigenvalue weighted by atomic mass is 10.1. The quantitative estimate of drug-likeness (QED) is 0.535. The molecule has 0 aliphatic carbocycles. The smallest absolute Gasteiger partial charge is 0.334 e. The normalized spacial score (nSPS) is 11.0. The Morgan fingerprint density at radius 1 is 1.07 bits per heavy atom. The van der Waals surface area contributed by atoms with Gasteiger partial charge in [-0.25, -0.2) is 4.79 Å². The van der Waals surface area contributed by atoms with Gasteiger partial charge in [-0.3, -0.25) is 4.79 Å². The first-order valence-corrected chi connectivity index (χ1v) is 8.47. The fourth-order valence-electron chi connectivity index (χ4n) is 2.40. The van der Waals surface area contributed by atoms with Gasteiger partial charge in [-0.2, -0.15) is 0 Å². The Kier molecular flexibility index (Phi) is 7.43. The molecule has 6 heteroatoms. The van der Waals surface area contributed by atoms with Gasteiger partial charge >= 0.3 is 11.9 Å². The van der Waals surface area contributed by atoms with Crippen LogP contribution in [0.15, 0.2) is 54.1 Å². The fraction of sp³-hybridized carbons (Fsp3) is 0.238. The van der Waals surface area contributed by atoms with Crippen LogP contribution in [-0.4, -0.2) is 30.8 Å². The molecule has 0 bridgehead atoms. The minimum absolute atomic E-state index is 0.0596. The second kappa shape index (κ2) is 10.0. The number of esters is 1. The Morgan fingerprint density at radius 2 is 1.81 bits per heavy atom. The van der Waals surface area contributed by atoms with Crippen LogP contribution in [0.2, 0.25) is 0 Å². The van der Waals surface area contributed by atoms with Gasteiger partial charge in [0.05, 0.1) is 20.1 Å². The van der Waals surface area contributed by atoms with Crippen LogP contribution in [0.5, 0.6) is 11.5 Å². The largest absolute Gasteiger partial charge is 0.493 e. The van der Waals surface area contributed by atoms with E-state index in [1.165, 1.54) is 13.2 Å². The van der Waals surface area contributed by atoms with Crippen molar-refractivity contribution in [3.63, 3.8) is 0 Å². The van der Waals surface area contributed by atoms with E-state index in [0.717, 1.165) is 5.56 Å². The molecule has 2 aromatic rings. The van der Waals surface area contributed by atoms with Gasteiger partial charge in [-0.05, 0) is 36.3 Å². The lowest BCUT2D eigenvalue weighted by molar-refractivity contribution is -0.142. The second-order valence-electron chi connectivity index (χ2n) is 5.65. The first kappa shape index (κ1) is 20.0. The molecule has 0 aromatic heterocycles. The van der Waals surface area contributed by atoms with Gasteiger partial charge in [0.1, 0.15) is 6.61 Å². The molecule has 0 fully saturated rings. The number of rotatable bonds is 9. The molecule has 0 unspecified atom stereocenters. The number of hydrogen-bond donors (Lipinski definition) is 1. The topological polar surface area (TPSA) is 82.1 Å². The highest BCUT2D eigenvalue weighted by atomic mass is 16.5. The number of benzene rings is 2. The molecule has 0 heterocycles. The van der Waals surface area contributed by atoms with Crippen molar-refractivity contribution in [2.24, 2.45) is 0 Å². The lowest BCUT2D eigenvalue weighted by Gasteiger charge is -2.12.